The lowest BCUT2D eigenvalue weighted by molar-refractivity contribution is 0.414. The highest BCUT2D eigenvalue weighted by Crippen LogP contribution is 2.20. The third-order valence-electron chi connectivity index (χ3n) is 2.55. The van der Waals surface area contributed by atoms with Crippen LogP contribution >= 0.6 is 15.9 Å². The highest BCUT2D eigenvalue weighted by atomic mass is 79.9. The van der Waals surface area contributed by atoms with Gasteiger partial charge in [-0.25, -0.2) is 4.39 Å². The zero-order chi connectivity index (χ0) is 13.0. The van der Waals surface area contributed by atoms with Gasteiger partial charge in [-0.3, -0.25) is 0 Å². The molecule has 18 heavy (non-hydrogen) atoms. The van der Waals surface area contributed by atoms with Gasteiger partial charge in [-0.05, 0) is 51.8 Å². The fourth-order valence-electron chi connectivity index (χ4n) is 1.59. The van der Waals surface area contributed by atoms with E-state index < -0.39 is 0 Å². The Bertz CT molecular complexity index is 545. The van der Waals surface area contributed by atoms with Crippen molar-refractivity contribution in [1.82, 2.24) is 0 Å². The van der Waals surface area contributed by atoms with Crippen molar-refractivity contribution in [2.24, 2.45) is 0 Å². The van der Waals surface area contributed by atoms with Gasteiger partial charge in [0.1, 0.15) is 11.6 Å². The molecule has 2 aromatic carbocycles. The molecular weight excluding hydrogens is 297 g/mol. The zero-order valence-corrected chi connectivity index (χ0v) is 11.5. The van der Waals surface area contributed by atoms with Gasteiger partial charge in [0, 0.05) is 12.2 Å². The molecule has 0 bridgehead atoms. The zero-order valence-electron chi connectivity index (χ0n) is 9.91. The van der Waals surface area contributed by atoms with E-state index in [2.05, 4.69) is 21.2 Å². The Balaban J connectivity index is 2.04. The second-order valence-electron chi connectivity index (χ2n) is 3.83. The molecule has 0 radical (unpaired) electrons. The van der Waals surface area contributed by atoms with E-state index in [4.69, 9.17) is 4.74 Å². The summed E-state index contributed by atoms with van der Waals surface area (Å²) < 4.78 is 18.9. The van der Waals surface area contributed by atoms with Crippen molar-refractivity contribution < 1.29 is 9.13 Å². The third-order valence-corrected chi connectivity index (χ3v) is 3.19. The van der Waals surface area contributed by atoms with E-state index in [1.165, 1.54) is 6.07 Å². The molecule has 2 aromatic rings. The van der Waals surface area contributed by atoms with Crippen LogP contribution in [0.2, 0.25) is 0 Å². The fourth-order valence-corrected chi connectivity index (χ4v) is 1.84. The van der Waals surface area contributed by atoms with Crippen molar-refractivity contribution in [3.63, 3.8) is 0 Å². The average molecular weight is 310 g/mol. The van der Waals surface area contributed by atoms with Crippen LogP contribution in [0.5, 0.6) is 5.75 Å². The summed E-state index contributed by atoms with van der Waals surface area (Å²) in [6.45, 7) is 0.623. The first-order valence-electron chi connectivity index (χ1n) is 5.51. The van der Waals surface area contributed by atoms with E-state index in [1.54, 1.807) is 13.2 Å². The molecule has 0 heterocycles. The Labute approximate surface area is 114 Å². The lowest BCUT2D eigenvalue weighted by Crippen LogP contribution is -2.00. The highest BCUT2D eigenvalue weighted by molar-refractivity contribution is 9.10. The van der Waals surface area contributed by atoms with Gasteiger partial charge in [-0.2, -0.15) is 0 Å². The molecule has 0 aliphatic heterocycles. The number of methoxy groups -OCH3 is 1. The minimum Gasteiger partial charge on any atom is -0.497 e. The third kappa shape index (κ3) is 3.23. The molecule has 94 valence electrons. The Morgan fingerprint density at radius 1 is 1.22 bits per heavy atom. The van der Waals surface area contributed by atoms with E-state index in [9.17, 15) is 4.39 Å². The van der Waals surface area contributed by atoms with Gasteiger partial charge in [0.25, 0.3) is 0 Å². The van der Waals surface area contributed by atoms with Gasteiger partial charge in [-0.1, -0.05) is 12.1 Å². The van der Waals surface area contributed by atoms with Crippen LogP contribution in [0.1, 0.15) is 5.56 Å². The second-order valence-corrected chi connectivity index (χ2v) is 4.69. The van der Waals surface area contributed by atoms with Crippen LogP contribution in [0.3, 0.4) is 0 Å². The first-order valence-corrected chi connectivity index (χ1v) is 6.30. The van der Waals surface area contributed by atoms with E-state index in [0.717, 1.165) is 17.0 Å². The van der Waals surface area contributed by atoms with E-state index >= 15 is 0 Å². The molecule has 0 saturated carbocycles. The van der Waals surface area contributed by atoms with Gasteiger partial charge in [0.05, 0.1) is 11.6 Å². The maximum absolute atomic E-state index is 13.3. The Hall–Kier alpha value is -1.55. The number of nitrogens with one attached hydrogen (secondary N) is 1. The van der Waals surface area contributed by atoms with Crippen molar-refractivity contribution in [2.45, 2.75) is 6.54 Å². The molecule has 0 fully saturated rings. The predicted octanol–water partition coefficient (Wildman–Crippen LogP) is 4.21. The molecule has 0 atom stereocenters. The summed E-state index contributed by atoms with van der Waals surface area (Å²) in [7, 11) is 1.64. The van der Waals surface area contributed by atoms with E-state index in [1.807, 2.05) is 30.3 Å². The van der Waals surface area contributed by atoms with Crippen molar-refractivity contribution >= 4 is 21.6 Å². The van der Waals surface area contributed by atoms with Gasteiger partial charge in [0.15, 0.2) is 0 Å². The van der Waals surface area contributed by atoms with Crippen LogP contribution in [0.25, 0.3) is 0 Å². The number of halogens is 2. The molecule has 2 nitrogen and oxygen atoms in total. The number of anilines is 1. The maximum Gasteiger partial charge on any atom is 0.139 e. The van der Waals surface area contributed by atoms with Crippen LogP contribution < -0.4 is 10.1 Å². The summed E-state index contributed by atoms with van der Waals surface area (Å²) in [6, 6.07) is 12.7. The number of rotatable bonds is 4. The van der Waals surface area contributed by atoms with Crippen LogP contribution in [0, 0.1) is 5.82 Å². The summed E-state index contributed by atoms with van der Waals surface area (Å²) in [4.78, 5) is 0. The summed E-state index contributed by atoms with van der Waals surface area (Å²) in [6.07, 6.45) is 0. The molecule has 0 saturated heterocycles. The molecule has 0 unspecified atom stereocenters. The van der Waals surface area contributed by atoms with E-state index in [-0.39, 0.29) is 5.82 Å². The van der Waals surface area contributed by atoms with Gasteiger partial charge in [-0.15, -0.1) is 0 Å². The fraction of sp³-hybridized carbons (Fsp3) is 0.143. The molecule has 0 aromatic heterocycles. The van der Waals surface area contributed by atoms with Gasteiger partial charge in [0.2, 0.25) is 0 Å². The van der Waals surface area contributed by atoms with Crippen LogP contribution in [0.15, 0.2) is 46.9 Å². The van der Waals surface area contributed by atoms with Crippen molar-refractivity contribution in [1.29, 1.82) is 0 Å². The Morgan fingerprint density at radius 3 is 2.78 bits per heavy atom. The topological polar surface area (TPSA) is 21.3 Å². The van der Waals surface area contributed by atoms with E-state index in [0.29, 0.717) is 11.0 Å². The number of benzene rings is 2. The predicted molar refractivity (Wildman–Crippen MR) is 74.4 cm³/mol. The summed E-state index contributed by atoms with van der Waals surface area (Å²) in [5.74, 6) is 0.543. The first kappa shape index (κ1) is 12.9. The van der Waals surface area contributed by atoms with Gasteiger partial charge >= 0.3 is 0 Å². The molecule has 0 aliphatic rings. The number of hydrogen-bond donors (Lipinski definition) is 1. The smallest absolute Gasteiger partial charge is 0.139 e. The Morgan fingerprint density at radius 2 is 2.06 bits per heavy atom. The first-order chi connectivity index (χ1) is 8.69. The number of hydrogen-bond acceptors (Lipinski definition) is 2. The largest absolute Gasteiger partial charge is 0.497 e. The Kier molecular flexibility index (Phi) is 4.20. The van der Waals surface area contributed by atoms with Crippen LogP contribution in [0.4, 0.5) is 10.1 Å². The molecule has 0 spiro atoms. The molecule has 1 N–H and O–H groups in total. The second kappa shape index (κ2) is 5.87. The molecule has 0 amide bonds. The SMILES string of the molecule is COc1cccc(CNc2ccc(Br)c(F)c2)c1. The van der Waals surface area contributed by atoms with Crippen molar-refractivity contribution in [2.75, 3.05) is 12.4 Å². The van der Waals surface area contributed by atoms with Crippen LogP contribution in [-0.2, 0) is 6.54 Å². The highest BCUT2D eigenvalue weighted by Gasteiger charge is 2.01. The van der Waals surface area contributed by atoms with Crippen LogP contribution in [-0.4, -0.2) is 7.11 Å². The van der Waals surface area contributed by atoms with Gasteiger partial charge < -0.3 is 10.1 Å². The standard InChI is InChI=1S/C14H13BrFNO/c1-18-12-4-2-3-10(7-12)9-17-11-5-6-13(15)14(16)8-11/h2-8,17H,9H2,1H3. The average Bonchev–Trinajstić information content (AvgIpc) is 2.40. The number of ether oxygens (including phenoxy) is 1. The molecular formula is C14H13BrFNO. The summed E-state index contributed by atoms with van der Waals surface area (Å²) >= 11 is 3.12. The minimum atomic E-state index is -0.273. The minimum absolute atomic E-state index is 0.273. The summed E-state index contributed by atoms with van der Waals surface area (Å²) in [5.41, 5.74) is 1.83. The maximum atomic E-state index is 13.3. The lowest BCUT2D eigenvalue weighted by Gasteiger charge is -2.08. The molecule has 0 aliphatic carbocycles. The van der Waals surface area contributed by atoms with Crippen molar-refractivity contribution in [3.05, 3.63) is 58.3 Å². The summed E-state index contributed by atoms with van der Waals surface area (Å²) in [5, 5.41) is 3.16. The monoisotopic (exact) mass is 309 g/mol. The molecule has 4 heteroatoms. The van der Waals surface area contributed by atoms with Crippen molar-refractivity contribution in [3.8, 4) is 5.75 Å². The molecule has 2 rings (SSSR count). The normalized spacial score (nSPS) is 10.2. The lowest BCUT2D eigenvalue weighted by atomic mass is 10.2. The quantitative estimate of drug-likeness (QED) is 0.913.